The van der Waals surface area contributed by atoms with Gasteiger partial charge in [0.05, 0.1) is 18.1 Å². The summed E-state index contributed by atoms with van der Waals surface area (Å²) in [7, 11) is -3.11. The molecule has 0 aromatic heterocycles. The van der Waals surface area contributed by atoms with E-state index in [1.54, 1.807) is 4.90 Å². The summed E-state index contributed by atoms with van der Waals surface area (Å²) in [5.41, 5.74) is 2.69. The average Bonchev–Trinajstić information content (AvgIpc) is 3.09. The topological polar surface area (TPSA) is 63.7 Å². The largest absolute Gasteiger partial charge is 0.494 e. The molecule has 0 N–H and O–H groups in total. The van der Waals surface area contributed by atoms with Crippen LogP contribution < -0.4 is 4.74 Å². The Kier molecular flexibility index (Phi) is 7.10. The number of benzene rings is 2. The predicted molar refractivity (Wildman–Crippen MR) is 124 cm³/mol. The molecule has 0 bridgehead atoms. The third-order valence-corrected chi connectivity index (χ3v) is 7.41. The van der Waals surface area contributed by atoms with Crippen LogP contribution >= 0.6 is 0 Å². The molecule has 2 aromatic rings. The molecular formula is C25H33NO4S. The number of hydrogen-bond acceptors (Lipinski definition) is 4. The zero-order valence-corrected chi connectivity index (χ0v) is 19.7. The third-order valence-electron chi connectivity index (χ3n) is 5.66. The van der Waals surface area contributed by atoms with Crippen molar-refractivity contribution >= 4 is 15.7 Å². The van der Waals surface area contributed by atoms with Crippen LogP contribution in [0.4, 0.5) is 0 Å². The summed E-state index contributed by atoms with van der Waals surface area (Å²) in [6, 6.07) is 15.0. The Morgan fingerprint density at radius 1 is 1.06 bits per heavy atom. The van der Waals surface area contributed by atoms with Crippen LogP contribution in [0.3, 0.4) is 0 Å². The normalized spacial score (nSPS) is 18.0. The summed E-state index contributed by atoms with van der Waals surface area (Å²) in [6.45, 7) is 9.48. The molecule has 0 radical (unpaired) electrons. The molecule has 1 unspecified atom stereocenters. The zero-order chi connectivity index (χ0) is 22.6. The Morgan fingerprint density at radius 2 is 1.71 bits per heavy atom. The van der Waals surface area contributed by atoms with Gasteiger partial charge in [0.1, 0.15) is 5.75 Å². The number of carbonyl (C=O) groups excluding carboxylic acids is 1. The van der Waals surface area contributed by atoms with Crippen molar-refractivity contribution in [3.8, 4) is 5.75 Å². The Morgan fingerprint density at radius 3 is 2.23 bits per heavy atom. The van der Waals surface area contributed by atoms with Gasteiger partial charge in [0, 0.05) is 18.2 Å². The minimum Gasteiger partial charge on any atom is -0.494 e. The summed E-state index contributed by atoms with van der Waals surface area (Å²) in [6.07, 6.45) is 1.42. The molecule has 1 saturated heterocycles. The van der Waals surface area contributed by atoms with Gasteiger partial charge in [0.25, 0.3) is 5.91 Å². The van der Waals surface area contributed by atoms with Gasteiger partial charge in [-0.25, -0.2) is 8.42 Å². The van der Waals surface area contributed by atoms with E-state index in [0.29, 0.717) is 25.1 Å². The van der Waals surface area contributed by atoms with Gasteiger partial charge in [-0.3, -0.25) is 4.79 Å². The van der Waals surface area contributed by atoms with Crippen molar-refractivity contribution in [3.05, 3.63) is 65.2 Å². The van der Waals surface area contributed by atoms with E-state index < -0.39 is 9.84 Å². The first-order chi connectivity index (χ1) is 14.6. The fourth-order valence-electron chi connectivity index (χ4n) is 3.77. The van der Waals surface area contributed by atoms with E-state index in [1.807, 2.05) is 48.5 Å². The first-order valence-corrected chi connectivity index (χ1v) is 12.7. The van der Waals surface area contributed by atoms with Crippen LogP contribution in [0.15, 0.2) is 48.5 Å². The van der Waals surface area contributed by atoms with Crippen molar-refractivity contribution in [2.75, 3.05) is 18.1 Å². The second-order valence-electron chi connectivity index (χ2n) is 9.31. The van der Waals surface area contributed by atoms with Gasteiger partial charge in [-0.1, -0.05) is 52.0 Å². The number of carbonyl (C=O) groups is 1. The van der Waals surface area contributed by atoms with Crippen LogP contribution in [0.5, 0.6) is 5.75 Å². The number of sulfone groups is 1. The molecule has 5 nitrogen and oxygen atoms in total. The van der Waals surface area contributed by atoms with Gasteiger partial charge >= 0.3 is 0 Å². The molecule has 6 heteroatoms. The number of rotatable bonds is 7. The van der Waals surface area contributed by atoms with Crippen molar-refractivity contribution in [1.29, 1.82) is 0 Å². The first-order valence-electron chi connectivity index (χ1n) is 10.9. The van der Waals surface area contributed by atoms with E-state index >= 15 is 0 Å². The highest BCUT2D eigenvalue weighted by Gasteiger charge is 2.35. The van der Waals surface area contributed by atoms with Crippen LogP contribution in [-0.2, 0) is 21.8 Å². The maximum atomic E-state index is 13.4. The Balaban J connectivity index is 1.83. The lowest BCUT2D eigenvalue weighted by Crippen LogP contribution is -2.40. The maximum Gasteiger partial charge on any atom is 0.254 e. The fraction of sp³-hybridized carbons (Fsp3) is 0.480. The highest BCUT2D eigenvalue weighted by molar-refractivity contribution is 7.91. The first kappa shape index (κ1) is 23.3. The molecular weight excluding hydrogens is 410 g/mol. The molecule has 1 heterocycles. The summed E-state index contributed by atoms with van der Waals surface area (Å²) in [5.74, 6) is 0.823. The Bertz CT molecular complexity index is 989. The third kappa shape index (κ3) is 6.10. The maximum absolute atomic E-state index is 13.4. The van der Waals surface area contributed by atoms with Gasteiger partial charge in [-0.05, 0) is 53.6 Å². The van der Waals surface area contributed by atoms with Crippen LogP contribution in [0.1, 0.15) is 62.0 Å². The summed E-state index contributed by atoms with van der Waals surface area (Å²) in [4.78, 5) is 15.1. The second kappa shape index (κ2) is 9.43. The van der Waals surface area contributed by atoms with Crippen LogP contribution in [0, 0.1) is 0 Å². The number of hydrogen-bond donors (Lipinski definition) is 0. The smallest absolute Gasteiger partial charge is 0.254 e. The van der Waals surface area contributed by atoms with Crippen molar-refractivity contribution in [2.24, 2.45) is 0 Å². The molecule has 0 saturated carbocycles. The van der Waals surface area contributed by atoms with Crippen LogP contribution in [0.25, 0.3) is 0 Å². The van der Waals surface area contributed by atoms with Gasteiger partial charge in [0.15, 0.2) is 9.84 Å². The average molecular weight is 444 g/mol. The lowest BCUT2D eigenvalue weighted by Gasteiger charge is -2.29. The molecule has 2 aromatic carbocycles. The van der Waals surface area contributed by atoms with E-state index in [4.69, 9.17) is 4.74 Å². The van der Waals surface area contributed by atoms with Crippen molar-refractivity contribution in [3.63, 3.8) is 0 Å². The number of amides is 1. The highest BCUT2D eigenvalue weighted by Crippen LogP contribution is 2.26. The molecule has 0 aliphatic carbocycles. The Hall–Kier alpha value is -2.34. The van der Waals surface area contributed by atoms with Gasteiger partial charge in [-0.2, -0.15) is 0 Å². The summed E-state index contributed by atoms with van der Waals surface area (Å²) in [5, 5.41) is 0. The molecule has 1 amide bonds. The minimum atomic E-state index is -3.11. The SMILES string of the molecule is CCCOc1ccc(CN(C(=O)c2ccc(C(C)(C)C)cc2)C2CCS(=O)(=O)C2)cc1. The summed E-state index contributed by atoms with van der Waals surface area (Å²) < 4.78 is 29.8. The second-order valence-corrected chi connectivity index (χ2v) is 11.5. The van der Waals surface area contributed by atoms with Crippen molar-refractivity contribution in [2.45, 2.75) is 58.5 Å². The van der Waals surface area contributed by atoms with E-state index in [0.717, 1.165) is 23.3 Å². The quantitative estimate of drug-likeness (QED) is 0.627. The molecule has 1 aliphatic heterocycles. The molecule has 0 spiro atoms. The highest BCUT2D eigenvalue weighted by atomic mass is 32.2. The standard InChI is InChI=1S/C25H33NO4S/c1-5-15-30-23-12-6-19(7-13-23)17-26(22-14-16-31(28,29)18-22)24(27)20-8-10-21(11-9-20)25(2,3)4/h6-13,22H,5,14-18H2,1-4H3. The molecule has 31 heavy (non-hydrogen) atoms. The molecule has 168 valence electrons. The van der Waals surface area contributed by atoms with Gasteiger partial charge < -0.3 is 9.64 Å². The van der Waals surface area contributed by atoms with Crippen LogP contribution in [-0.4, -0.2) is 43.4 Å². The van der Waals surface area contributed by atoms with Gasteiger partial charge in [-0.15, -0.1) is 0 Å². The van der Waals surface area contributed by atoms with E-state index in [1.165, 1.54) is 0 Å². The predicted octanol–water partition coefficient (Wildman–Crippen LogP) is 4.60. The number of ether oxygens (including phenoxy) is 1. The lowest BCUT2D eigenvalue weighted by atomic mass is 9.86. The molecule has 1 aliphatic rings. The van der Waals surface area contributed by atoms with E-state index in [2.05, 4.69) is 27.7 Å². The van der Waals surface area contributed by atoms with Crippen molar-refractivity contribution < 1.29 is 17.9 Å². The Labute approximate surface area is 186 Å². The lowest BCUT2D eigenvalue weighted by molar-refractivity contribution is 0.0681. The number of nitrogens with zero attached hydrogens (tertiary/aromatic N) is 1. The monoisotopic (exact) mass is 443 g/mol. The molecule has 1 atom stereocenters. The summed E-state index contributed by atoms with van der Waals surface area (Å²) >= 11 is 0. The van der Waals surface area contributed by atoms with E-state index in [-0.39, 0.29) is 28.9 Å². The van der Waals surface area contributed by atoms with Gasteiger partial charge in [0.2, 0.25) is 0 Å². The zero-order valence-electron chi connectivity index (χ0n) is 18.9. The fourth-order valence-corrected chi connectivity index (χ4v) is 5.50. The van der Waals surface area contributed by atoms with E-state index in [9.17, 15) is 13.2 Å². The molecule has 3 rings (SSSR count). The minimum absolute atomic E-state index is 0.00237. The van der Waals surface area contributed by atoms with Crippen molar-refractivity contribution in [1.82, 2.24) is 4.90 Å². The molecule has 1 fully saturated rings. The van der Waals surface area contributed by atoms with Crippen LogP contribution in [0.2, 0.25) is 0 Å².